The molecule has 2 atom stereocenters. The van der Waals surface area contributed by atoms with Crippen LogP contribution in [0.4, 0.5) is 11.4 Å². The molecule has 14 nitrogen and oxygen atoms in total. The van der Waals surface area contributed by atoms with Crippen molar-refractivity contribution in [3.8, 4) is 11.1 Å². The summed E-state index contributed by atoms with van der Waals surface area (Å²) in [5.41, 5.74) is 8.46. The van der Waals surface area contributed by atoms with Gasteiger partial charge in [-0.2, -0.15) is 0 Å². The van der Waals surface area contributed by atoms with Crippen molar-refractivity contribution in [1.82, 2.24) is 20.6 Å². The van der Waals surface area contributed by atoms with Crippen molar-refractivity contribution in [1.29, 1.82) is 0 Å². The molecular formula is C40H44N6O8. The van der Waals surface area contributed by atoms with Gasteiger partial charge in [0.2, 0.25) is 0 Å². The number of carbonyl (C=O) groups is 4. The number of nitrogens with one attached hydrogen (secondary N) is 4. The second-order valence-electron chi connectivity index (χ2n) is 13.9. The van der Waals surface area contributed by atoms with E-state index in [0.717, 1.165) is 70.2 Å². The molecule has 6 rings (SSSR count). The molecule has 0 saturated heterocycles. The number of pyridine rings is 2. The molecule has 2 amide bonds. The molecule has 0 spiro atoms. The van der Waals surface area contributed by atoms with E-state index in [1.165, 1.54) is 0 Å². The highest BCUT2D eigenvalue weighted by Gasteiger charge is 2.30. The first-order valence-electron chi connectivity index (χ1n) is 17.9. The Morgan fingerprint density at radius 2 is 1.06 bits per heavy atom. The Labute approximate surface area is 312 Å². The first kappa shape index (κ1) is 38.2. The minimum absolute atomic E-state index is 0.197. The van der Waals surface area contributed by atoms with E-state index in [4.69, 9.17) is 0 Å². The van der Waals surface area contributed by atoms with E-state index >= 15 is 0 Å². The van der Waals surface area contributed by atoms with Gasteiger partial charge in [-0.1, -0.05) is 24.3 Å². The van der Waals surface area contributed by atoms with E-state index in [9.17, 15) is 39.6 Å². The number of rotatable bonds is 17. The van der Waals surface area contributed by atoms with Gasteiger partial charge in [0.05, 0.1) is 13.2 Å². The summed E-state index contributed by atoms with van der Waals surface area (Å²) < 4.78 is 0. The molecule has 2 aromatic heterocycles. The molecule has 2 aliphatic carbocycles. The molecule has 14 heteroatoms. The number of carboxylic acid groups (broad SMARTS) is 2. The van der Waals surface area contributed by atoms with Gasteiger partial charge < -0.3 is 31.1 Å². The molecule has 54 heavy (non-hydrogen) atoms. The zero-order valence-electron chi connectivity index (χ0n) is 30.1. The zero-order valence-corrected chi connectivity index (χ0v) is 30.1. The Kier molecular flexibility index (Phi) is 11.8. The highest BCUT2D eigenvalue weighted by Crippen LogP contribution is 2.43. The molecule has 4 aromatic rings. The van der Waals surface area contributed by atoms with Crippen molar-refractivity contribution < 1.29 is 39.6 Å². The molecule has 0 radical (unpaired) electrons. The van der Waals surface area contributed by atoms with E-state index in [1.54, 1.807) is 24.5 Å². The summed E-state index contributed by atoms with van der Waals surface area (Å²) in [5, 5.41) is 48.9. The zero-order chi connectivity index (χ0) is 38.5. The maximum atomic E-state index is 13.5. The Bertz CT molecular complexity index is 1930. The Morgan fingerprint density at radius 1 is 0.667 bits per heavy atom. The lowest BCUT2D eigenvalue weighted by Gasteiger charge is -2.18. The van der Waals surface area contributed by atoms with Gasteiger partial charge in [0.15, 0.2) is 0 Å². The smallest absolute Gasteiger partial charge is 0.323 e. The van der Waals surface area contributed by atoms with Crippen LogP contribution < -0.4 is 21.3 Å². The van der Waals surface area contributed by atoms with Crippen LogP contribution in [0, 0.1) is 13.8 Å². The number of aliphatic carboxylic acids is 2. The molecule has 8 N–H and O–H groups in total. The molecule has 0 unspecified atom stereocenters. The lowest BCUT2D eigenvalue weighted by molar-refractivity contribution is -0.141. The van der Waals surface area contributed by atoms with Gasteiger partial charge >= 0.3 is 11.9 Å². The van der Waals surface area contributed by atoms with Crippen LogP contribution in [0.15, 0.2) is 60.9 Å². The number of carbonyl (C=O) groups excluding carboxylic acids is 2. The molecule has 2 heterocycles. The van der Waals surface area contributed by atoms with Crippen LogP contribution in [0.1, 0.15) is 91.9 Å². The molecule has 2 saturated carbocycles. The maximum absolute atomic E-state index is 13.5. The normalized spacial score (nSPS) is 15.0. The number of hydrogen-bond donors (Lipinski definition) is 8. The predicted molar refractivity (Wildman–Crippen MR) is 200 cm³/mol. The van der Waals surface area contributed by atoms with E-state index < -0.39 is 37.2 Å². The third-order valence-corrected chi connectivity index (χ3v) is 10.0. The third-order valence-electron chi connectivity index (χ3n) is 10.0. The van der Waals surface area contributed by atoms with Gasteiger partial charge in [-0.15, -0.1) is 0 Å². The summed E-state index contributed by atoms with van der Waals surface area (Å²) in [6.45, 7) is 3.13. The molecule has 2 fully saturated rings. The van der Waals surface area contributed by atoms with Crippen molar-refractivity contribution in [3.05, 3.63) is 106 Å². The fraction of sp³-hybridized carbons (Fsp3) is 0.350. The maximum Gasteiger partial charge on any atom is 0.323 e. The standard InChI is InChI=1S/C40H44N6O8/c1-21-27(5-3-7-31(21)45-37(49)33-13-29(23-9-10-23)25(15-41-33)17-43-35(19-47)39(51)52)28-6-4-8-32(22(28)2)46-38(50)34-14-30(24-11-12-24)26(16-42-34)18-44-36(20-48)40(53)54/h3-8,13-16,23-24,35-36,43-44,47-48H,9-12,17-20H2,1-2H3,(H,45,49)(H,46,50)(H,51,52)(H,53,54)/t35-,36-/m0/s1. The number of anilines is 2. The predicted octanol–water partition coefficient (Wildman–Crippen LogP) is 4.09. The Hall–Kier alpha value is -5.54. The second kappa shape index (κ2) is 16.6. The fourth-order valence-corrected chi connectivity index (χ4v) is 6.52. The average molecular weight is 737 g/mol. The monoisotopic (exact) mass is 736 g/mol. The summed E-state index contributed by atoms with van der Waals surface area (Å²) in [7, 11) is 0. The van der Waals surface area contributed by atoms with Crippen LogP contribution in [-0.4, -0.2) is 79.4 Å². The minimum Gasteiger partial charge on any atom is -0.480 e. The van der Waals surface area contributed by atoms with Gasteiger partial charge in [-0.25, -0.2) is 0 Å². The molecule has 282 valence electrons. The summed E-state index contributed by atoms with van der Waals surface area (Å²) in [5.74, 6) is -2.54. The van der Waals surface area contributed by atoms with Crippen molar-refractivity contribution in [2.45, 2.75) is 76.5 Å². The molecular weight excluding hydrogens is 692 g/mol. The quantitative estimate of drug-likeness (QED) is 0.0768. The minimum atomic E-state index is -1.15. The van der Waals surface area contributed by atoms with Crippen molar-refractivity contribution >= 4 is 35.1 Å². The number of aromatic nitrogens is 2. The van der Waals surface area contributed by atoms with Crippen molar-refractivity contribution in [2.24, 2.45) is 0 Å². The Balaban J connectivity index is 1.17. The first-order valence-corrected chi connectivity index (χ1v) is 17.9. The van der Waals surface area contributed by atoms with Gasteiger partial charge in [-0.05, 0) is 120 Å². The number of hydrogen-bond acceptors (Lipinski definition) is 10. The van der Waals surface area contributed by atoms with E-state index in [-0.39, 0.29) is 48.1 Å². The number of benzene rings is 2. The van der Waals surface area contributed by atoms with Crippen LogP contribution in [0.2, 0.25) is 0 Å². The highest BCUT2D eigenvalue weighted by atomic mass is 16.4. The molecule has 2 aliphatic rings. The number of aliphatic hydroxyl groups is 2. The van der Waals surface area contributed by atoms with Gasteiger partial charge in [0.25, 0.3) is 11.8 Å². The van der Waals surface area contributed by atoms with E-state index in [0.29, 0.717) is 11.4 Å². The topological polar surface area (TPSA) is 223 Å². The van der Waals surface area contributed by atoms with Crippen LogP contribution >= 0.6 is 0 Å². The van der Waals surface area contributed by atoms with Gasteiger partial charge in [0.1, 0.15) is 23.5 Å². The third kappa shape index (κ3) is 8.80. The Morgan fingerprint density at radius 3 is 1.39 bits per heavy atom. The lowest BCUT2D eigenvalue weighted by Crippen LogP contribution is -2.39. The summed E-state index contributed by atoms with van der Waals surface area (Å²) in [4.78, 5) is 58.5. The van der Waals surface area contributed by atoms with Crippen LogP contribution in [0.5, 0.6) is 0 Å². The number of aliphatic hydroxyl groups excluding tert-OH is 2. The van der Waals surface area contributed by atoms with E-state index in [2.05, 4.69) is 31.2 Å². The number of carboxylic acids is 2. The highest BCUT2D eigenvalue weighted by molar-refractivity contribution is 6.05. The van der Waals surface area contributed by atoms with Gasteiger partial charge in [-0.3, -0.25) is 39.8 Å². The average Bonchev–Trinajstić information content (AvgIpc) is 4.09. The summed E-state index contributed by atoms with van der Waals surface area (Å²) >= 11 is 0. The first-order chi connectivity index (χ1) is 26.0. The van der Waals surface area contributed by atoms with E-state index in [1.807, 2.05) is 50.2 Å². The van der Waals surface area contributed by atoms with Crippen LogP contribution in [0.3, 0.4) is 0 Å². The largest absolute Gasteiger partial charge is 0.480 e. The van der Waals surface area contributed by atoms with Crippen molar-refractivity contribution in [3.63, 3.8) is 0 Å². The SMILES string of the molecule is Cc1c(NC(=O)c2cc(C3CC3)c(CN[C@@H](CO)C(=O)O)cn2)cccc1-c1cccc(NC(=O)c2cc(C3CC3)c(CN[C@@H](CO)C(=O)O)cn2)c1C. The number of amides is 2. The van der Waals surface area contributed by atoms with Gasteiger partial charge in [0, 0.05) is 36.9 Å². The van der Waals surface area contributed by atoms with Crippen molar-refractivity contribution in [2.75, 3.05) is 23.8 Å². The van der Waals surface area contributed by atoms with Crippen LogP contribution in [-0.2, 0) is 22.7 Å². The summed E-state index contributed by atoms with van der Waals surface area (Å²) in [6, 6.07) is 12.5. The lowest BCUT2D eigenvalue weighted by atomic mass is 9.94. The van der Waals surface area contributed by atoms with Crippen LogP contribution in [0.25, 0.3) is 11.1 Å². The molecule has 0 aliphatic heterocycles. The molecule has 0 bridgehead atoms. The fourth-order valence-electron chi connectivity index (χ4n) is 6.52. The molecule has 2 aromatic carbocycles. The number of nitrogens with zero attached hydrogens (tertiary/aromatic N) is 2. The second-order valence-corrected chi connectivity index (χ2v) is 13.9. The summed E-state index contributed by atoms with van der Waals surface area (Å²) in [6.07, 6.45) is 7.02.